The lowest BCUT2D eigenvalue weighted by Crippen LogP contribution is -2.45. The number of carbonyl (C=O) groups excluding carboxylic acids is 3. The van der Waals surface area contributed by atoms with Crippen LogP contribution in [0.25, 0.3) is 15.8 Å². The molecule has 0 aliphatic carbocycles. The lowest BCUT2D eigenvalue weighted by Gasteiger charge is -2.22. The summed E-state index contributed by atoms with van der Waals surface area (Å²) in [6.07, 6.45) is 5.43. The minimum absolute atomic E-state index is 0.0952. The van der Waals surface area contributed by atoms with Crippen molar-refractivity contribution in [1.29, 1.82) is 0 Å². The van der Waals surface area contributed by atoms with Gasteiger partial charge in [0.1, 0.15) is 22.9 Å². The molecule has 6 heterocycles. The Labute approximate surface area is 360 Å². The number of aliphatic imine (C=N–C) groups is 1. The standard InChI is InChI=1S/C42H46ClN11O6S/c1-24-25(2)61-42-37(24)38(28-7-10-29(43)11-8-28)46-33(39-50-48-26(3)53(39)42)21-36(56)44-15-17-59-19-20-60-18-16-52-23-30(49-51-52)12-9-27-5-4-6-31-32(27)22-45-54(41(31)58)34-13-14-35(55)47-40(34)57/h4-8,10-11,22-23,33-34,49,51H,9,12-21H2,1-3H3,(H,44,56)(H,47,55,57)/t33-,34?/m0/s1. The number of aromatic nitrogens is 5. The number of carbonyl (C=O) groups is 3. The van der Waals surface area contributed by atoms with Crippen LogP contribution in [0.15, 0.2) is 70.3 Å². The van der Waals surface area contributed by atoms with Crippen LogP contribution in [0.3, 0.4) is 0 Å². The van der Waals surface area contributed by atoms with E-state index in [9.17, 15) is 19.2 Å². The van der Waals surface area contributed by atoms with E-state index >= 15 is 0 Å². The third-order valence-corrected chi connectivity index (χ3v) is 12.4. The van der Waals surface area contributed by atoms with Gasteiger partial charge in [0.05, 0.1) is 56.7 Å². The highest BCUT2D eigenvalue weighted by molar-refractivity contribution is 7.15. The zero-order chi connectivity index (χ0) is 42.6. The van der Waals surface area contributed by atoms with Crippen molar-refractivity contribution < 1.29 is 23.9 Å². The van der Waals surface area contributed by atoms with E-state index in [2.05, 4.69) is 50.7 Å². The molecule has 61 heavy (non-hydrogen) atoms. The average Bonchev–Trinajstić information content (AvgIpc) is 3.92. The monoisotopic (exact) mass is 867 g/mol. The third-order valence-electron chi connectivity index (χ3n) is 10.9. The van der Waals surface area contributed by atoms with Crippen molar-refractivity contribution in [2.75, 3.05) is 39.5 Å². The maximum absolute atomic E-state index is 13.3. The highest BCUT2D eigenvalue weighted by Gasteiger charge is 2.33. The summed E-state index contributed by atoms with van der Waals surface area (Å²) < 4.78 is 14.7. The molecule has 0 spiro atoms. The highest BCUT2D eigenvalue weighted by Crippen LogP contribution is 2.39. The number of rotatable bonds is 16. The molecule has 19 heteroatoms. The Morgan fingerprint density at radius 3 is 2.59 bits per heavy atom. The number of amides is 3. The maximum Gasteiger partial charge on any atom is 0.275 e. The van der Waals surface area contributed by atoms with Gasteiger partial charge in [0, 0.05) is 51.3 Å². The number of hydrazine groups is 2. The van der Waals surface area contributed by atoms with Crippen molar-refractivity contribution in [2.24, 2.45) is 4.99 Å². The molecule has 0 radical (unpaired) electrons. The van der Waals surface area contributed by atoms with E-state index in [1.54, 1.807) is 23.6 Å². The van der Waals surface area contributed by atoms with Crippen LogP contribution >= 0.6 is 22.9 Å². The summed E-state index contributed by atoms with van der Waals surface area (Å²) in [5, 5.41) is 23.2. The minimum atomic E-state index is -0.810. The Hall–Kier alpha value is -5.79. The molecule has 0 saturated carbocycles. The Morgan fingerprint density at radius 2 is 1.79 bits per heavy atom. The zero-order valence-corrected chi connectivity index (χ0v) is 35.6. The Morgan fingerprint density at radius 1 is 0.984 bits per heavy atom. The van der Waals surface area contributed by atoms with E-state index < -0.39 is 18.0 Å². The molecule has 0 bridgehead atoms. The van der Waals surface area contributed by atoms with Gasteiger partial charge in [-0.15, -0.1) is 27.1 Å². The summed E-state index contributed by atoms with van der Waals surface area (Å²) in [4.78, 5) is 56.8. The van der Waals surface area contributed by atoms with Crippen LogP contribution in [0.1, 0.15) is 76.5 Å². The molecule has 17 nitrogen and oxygen atoms in total. The van der Waals surface area contributed by atoms with Gasteiger partial charge >= 0.3 is 0 Å². The van der Waals surface area contributed by atoms with Gasteiger partial charge in [0.25, 0.3) is 11.5 Å². The largest absolute Gasteiger partial charge is 0.377 e. The molecule has 4 N–H and O–H groups in total. The van der Waals surface area contributed by atoms with E-state index in [0.29, 0.717) is 68.6 Å². The lowest BCUT2D eigenvalue weighted by atomic mass is 9.99. The number of nitrogens with zero attached hydrogens (tertiary/aromatic N) is 7. The minimum Gasteiger partial charge on any atom is -0.377 e. The van der Waals surface area contributed by atoms with Gasteiger partial charge in [0.2, 0.25) is 11.8 Å². The van der Waals surface area contributed by atoms with Crippen LogP contribution in [0.2, 0.25) is 5.02 Å². The van der Waals surface area contributed by atoms with E-state index in [1.807, 2.05) is 59.1 Å². The molecule has 8 rings (SSSR count). The number of piperidine rings is 1. The van der Waals surface area contributed by atoms with E-state index in [4.69, 9.17) is 26.1 Å². The van der Waals surface area contributed by atoms with Gasteiger partial charge < -0.3 is 20.2 Å². The summed E-state index contributed by atoms with van der Waals surface area (Å²) in [6, 6.07) is 11.8. The van der Waals surface area contributed by atoms with Gasteiger partial charge in [0.15, 0.2) is 5.82 Å². The molecular weight excluding hydrogens is 822 g/mol. The fourth-order valence-corrected chi connectivity index (χ4v) is 8.98. The Kier molecular flexibility index (Phi) is 12.7. The summed E-state index contributed by atoms with van der Waals surface area (Å²) in [5.41, 5.74) is 11.7. The second-order valence-electron chi connectivity index (χ2n) is 15.0. The number of imide groups is 1. The van der Waals surface area contributed by atoms with Crippen molar-refractivity contribution >= 4 is 57.1 Å². The molecule has 2 aromatic carbocycles. The normalized spacial score (nSPS) is 17.3. The van der Waals surface area contributed by atoms with Crippen molar-refractivity contribution in [3.05, 3.63) is 115 Å². The lowest BCUT2D eigenvalue weighted by molar-refractivity contribution is -0.136. The second kappa shape index (κ2) is 18.4. The molecule has 3 aliphatic rings. The molecule has 1 saturated heterocycles. The summed E-state index contributed by atoms with van der Waals surface area (Å²) in [6.45, 7) is 8.59. The Balaban J connectivity index is 0.758. The van der Waals surface area contributed by atoms with Crippen LogP contribution in [-0.2, 0) is 30.3 Å². The van der Waals surface area contributed by atoms with Crippen LogP contribution in [0.4, 0.5) is 0 Å². The van der Waals surface area contributed by atoms with Crippen molar-refractivity contribution in [3.8, 4) is 5.00 Å². The Bertz CT molecular complexity index is 2600. The first-order valence-corrected chi connectivity index (χ1v) is 21.4. The van der Waals surface area contributed by atoms with Gasteiger partial charge in [-0.3, -0.25) is 39.1 Å². The SMILES string of the molecule is Cc1sc2c(c1C)C(c1ccc(Cl)cc1)=N[C@@H](CC(=O)NCCOCCOCCN1C=C(CCc3cccc4c(=O)n(C5CCC(=O)NC5=O)ncc34)NN1)c1nnc(C)n1-2. The fourth-order valence-electron chi connectivity index (χ4n) is 7.64. The van der Waals surface area contributed by atoms with Gasteiger partial charge in [-0.2, -0.15) is 5.10 Å². The smallest absolute Gasteiger partial charge is 0.275 e. The van der Waals surface area contributed by atoms with Gasteiger partial charge in [-0.1, -0.05) is 35.9 Å². The van der Waals surface area contributed by atoms with Gasteiger partial charge in [-0.25, -0.2) is 4.68 Å². The predicted molar refractivity (Wildman–Crippen MR) is 229 cm³/mol. The topological polar surface area (TPSA) is 199 Å². The number of hydrogen-bond donors (Lipinski definition) is 4. The molecule has 318 valence electrons. The van der Waals surface area contributed by atoms with Crippen LogP contribution in [-0.4, -0.2) is 92.5 Å². The molecular formula is C42H46ClN11O6S. The fraction of sp³-hybridized carbons (Fsp3) is 0.381. The average molecular weight is 868 g/mol. The summed E-state index contributed by atoms with van der Waals surface area (Å²) >= 11 is 7.89. The number of hydrogen-bond acceptors (Lipinski definition) is 14. The van der Waals surface area contributed by atoms with Crippen LogP contribution in [0.5, 0.6) is 0 Å². The molecule has 1 fully saturated rings. The quantitative estimate of drug-likeness (QED) is 0.0828. The molecule has 2 atom stereocenters. The number of halogens is 1. The first kappa shape index (κ1) is 41.9. The first-order valence-electron chi connectivity index (χ1n) is 20.2. The highest BCUT2D eigenvalue weighted by atomic mass is 35.5. The van der Waals surface area contributed by atoms with Crippen LogP contribution < -0.4 is 27.2 Å². The number of fused-ring (bicyclic) bond motifs is 4. The van der Waals surface area contributed by atoms with E-state index in [-0.39, 0.29) is 36.6 Å². The third kappa shape index (κ3) is 9.13. The number of allylic oxidation sites excluding steroid dienone is 1. The number of thiophene rings is 1. The van der Waals surface area contributed by atoms with E-state index in [0.717, 1.165) is 49.9 Å². The number of ether oxygens (including phenoxy) is 2. The van der Waals surface area contributed by atoms with Gasteiger partial charge in [-0.05, 0) is 69.4 Å². The van der Waals surface area contributed by atoms with Crippen molar-refractivity contribution in [1.82, 2.24) is 51.1 Å². The summed E-state index contributed by atoms with van der Waals surface area (Å²) in [7, 11) is 0. The number of aryl methyl sites for hydroxylation is 3. The van der Waals surface area contributed by atoms with Crippen molar-refractivity contribution in [2.45, 2.75) is 65.0 Å². The number of nitrogens with one attached hydrogen (secondary N) is 4. The van der Waals surface area contributed by atoms with Crippen molar-refractivity contribution in [3.63, 3.8) is 0 Å². The molecule has 3 amide bonds. The van der Waals surface area contributed by atoms with E-state index in [1.165, 1.54) is 9.56 Å². The molecule has 3 aliphatic heterocycles. The molecule has 5 aromatic rings. The number of benzene rings is 2. The first-order chi connectivity index (χ1) is 29.5. The van der Waals surface area contributed by atoms with Crippen LogP contribution in [0, 0.1) is 20.8 Å². The summed E-state index contributed by atoms with van der Waals surface area (Å²) in [5.74, 6) is 0.340. The molecule has 1 unspecified atom stereocenters. The molecule has 3 aromatic heterocycles. The predicted octanol–water partition coefficient (Wildman–Crippen LogP) is 3.83. The maximum atomic E-state index is 13.3. The second-order valence-corrected chi connectivity index (χ2v) is 16.6. The zero-order valence-electron chi connectivity index (χ0n) is 34.0.